The Labute approximate surface area is 128 Å². The monoisotopic (exact) mass is 279 g/mol. The molecule has 1 aliphatic rings. The lowest BCUT2D eigenvalue weighted by atomic mass is 9.86. The summed E-state index contributed by atoms with van der Waals surface area (Å²) in [6.45, 7) is 2.15. The molecule has 2 atom stereocenters. The first-order chi connectivity index (χ1) is 10.3. The fourth-order valence-electron chi connectivity index (χ4n) is 3.68. The predicted octanol–water partition coefficient (Wildman–Crippen LogP) is 4.45. The minimum absolute atomic E-state index is 0.477. The van der Waals surface area contributed by atoms with Crippen molar-refractivity contribution in [1.82, 2.24) is 5.32 Å². The van der Waals surface area contributed by atoms with E-state index in [0.717, 1.165) is 0 Å². The van der Waals surface area contributed by atoms with Crippen molar-refractivity contribution in [2.45, 2.75) is 38.6 Å². The van der Waals surface area contributed by atoms with Gasteiger partial charge in [0.1, 0.15) is 0 Å². The second-order valence-corrected chi connectivity index (χ2v) is 6.31. The molecule has 1 aliphatic carbocycles. The summed E-state index contributed by atoms with van der Waals surface area (Å²) in [4.78, 5) is 0. The van der Waals surface area contributed by atoms with Crippen molar-refractivity contribution in [3.8, 4) is 0 Å². The Balaban J connectivity index is 1.86. The molecule has 2 aromatic rings. The molecule has 0 bridgehead atoms. The highest BCUT2D eigenvalue weighted by Gasteiger charge is 2.26. The smallest absolute Gasteiger partial charge is 0.0352 e. The van der Waals surface area contributed by atoms with E-state index in [1.165, 1.54) is 47.9 Å². The van der Waals surface area contributed by atoms with Gasteiger partial charge in [0, 0.05) is 6.04 Å². The topological polar surface area (TPSA) is 12.0 Å². The average molecular weight is 279 g/mol. The van der Waals surface area contributed by atoms with Crippen molar-refractivity contribution in [2.75, 3.05) is 7.05 Å². The summed E-state index contributed by atoms with van der Waals surface area (Å²) in [6, 6.07) is 18.5. The van der Waals surface area contributed by atoms with Crippen LogP contribution >= 0.6 is 0 Å². The number of hydrogen-bond donors (Lipinski definition) is 1. The van der Waals surface area contributed by atoms with Gasteiger partial charge in [0.25, 0.3) is 0 Å². The molecule has 1 N–H and O–H groups in total. The van der Waals surface area contributed by atoms with Crippen molar-refractivity contribution in [2.24, 2.45) is 5.92 Å². The first-order valence-electron chi connectivity index (χ1n) is 8.08. The fraction of sp³-hybridized carbons (Fsp3) is 0.400. The van der Waals surface area contributed by atoms with Crippen LogP contribution in [0, 0.1) is 12.8 Å². The second-order valence-electron chi connectivity index (χ2n) is 6.31. The van der Waals surface area contributed by atoms with E-state index >= 15 is 0 Å². The minimum Gasteiger partial charge on any atom is -0.313 e. The van der Waals surface area contributed by atoms with Crippen LogP contribution in [-0.2, 0) is 12.8 Å². The van der Waals surface area contributed by atoms with Gasteiger partial charge in [-0.25, -0.2) is 0 Å². The average Bonchev–Trinajstić information content (AvgIpc) is 2.68. The minimum atomic E-state index is 0.477. The molecule has 0 aliphatic heterocycles. The van der Waals surface area contributed by atoms with Crippen LogP contribution in [0.2, 0.25) is 0 Å². The number of aryl methyl sites for hydroxylation is 2. The maximum absolute atomic E-state index is 3.58. The summed E-state index contributed by atoms with van der Waals surface area (Å²) in [5.74, 6) is 0.682. The molecule has 0 saturated carbocycles. The summed E-state index contributed by atoms with van der Waals surface area (Å²) >= 11 is 0. The van der Waals surface area contributed by atoms with Gasteiger partial charge in [-0.1, -0.05) is 54.1 Å². The lowest BCUT2D eigenvalue weighted by Crippen LogP contribution is -2.26. The number of benzene rings is 2. The first kappa shape index (κ1) is 14.3. The standard InChI is InChI=1S/C20H25N/c1-15-10-12-16(13-11-15)14-18-8-5-7-17-6-3-4-9-19(17)20(18)21-2/h3-4,6,9-13,18,20-21H,5,7-8,14H2,1-2H3. The third kappa shape index (κ3) is 3.19. The molecule has 1 heteroatoms. The van der Waals surface area contributed by atoms with Crippen molar-refractivity contribution in [3.63, 3.8) is 0 Å². The quantitative estimate of drug-likeness (QED) is 0.818. The highest BCUT2D eigenvalue weighted by atomic mass is 14.9. The molecular weight excluding hydrogens is 254 g/mol. The summed E-state index contributed by atoms with van der Waals surface area (Å²) in [5.41, 5.74) is 5.85. The van der Waals surface area contributed by atoms with Gasteiger partial charge in [0.15, 0.2) is 0 Å². The molecule has 110 valence electrons. The number of hydrogen-bond acceptors (Lipinski definition) is 1. The highest BCUT2D eigenvalue weighted by molar-refractivity contribution is 5.32. The molecule has 0 heterocycles. The molecule has 1 nitrogen and oxygen atoms in total. The Morgan fingerprint density at radius 3 is 2.57 bits per heavy atom. The van der Waals surface area contributed by atoms with Crippen LogP contribution in [0.15, 0.2) is 48.5 Å². The number of nitrogens with one attached hydrogen (secondary N) is 1. The van der Waals surface area contributed by atoms with E-state index in [2.05, 4.69) is 67.8 Å². The Morgan fingerprint density at radius 2 is 1.81 bits per heavy atom. The third-order valence-corrected chi connectivity index (χ3v) is 4.81. The van der Waals surface area contributed by atoms with Crippen molar-refractivity contribution < 1.29 is 0 Å². The molecule has 3 rings (SSSR count). The van der Waals surface area contributed by atoms with Crippen LogP contribution in [0.5, 0.6) is 0 Å². The van der Waals surface area contributed by atoms with E-state index in [9.17, 15) is 0 Å². The lowest BCUT2D eigenvalue weighted by molar-refractivity contribution is 0.359. The van der Waals surface area contributed by atoms with Crippen LogP contribution in [0.3, 0.4) is 0 Å². The molecule has 2 aromatic carbocycles. The maximum Gasteiger partial charge on any atom is 0.0352 e. The van der Waals surface area contributed by atoms with E-state index < -0.39 is 0 Å². The maximum atomic E-state index is 3.58. The van der Waals surface area contributed by atoms with Crippen LogP contribution in [0.25, 0.3) is 0 Å². The SMILES string of the molecule is CNC1c2ccccc2CCCC1Cc1ccc(C)cc1. The van der Waals surface area contributed by atoms with E-state index in [1.807, 2.05) is 0 Å². The van der Waals surface area contributed by atoms with Crippen LogP contribution in [-0.4, -0.2) is 7.05 Å². The van der Waals surface area contributed by atoms with E-state index in [1.54, 1.807) is 0 Å². The summed E-state index contributed by atoms with van der Waals surface area (Å²) in [5, 5.41) is 3.58. The van der Waals surface area contributed by atoms with Crippen molar-refractivity contribution in [1.29, 1.82) is 0 Å². The van der Waals surface area contributed by atoms with Gasteiger partial charge >= 0.3 is 0 Å². The number of fused-ring (bicyclic) bond motifs is 1. The van der Waals surface area contributed by atoms with Gasteiger partial charge < -0.3 is 5.32 Å². The molecule has 21 heavy (non-hydrogen) atoms. The second kappa shape index (κ2) is 6.44. The largest absolute Gasteiger partial charge is 0.313 e. The zero-order chi connectivity index (χ0) is 14.7. The Morgan fingerprint density at radius 1 is 1.05 bits per heavy atom. The van der Waals surface area contributed by atoms with Crippen LogP contribution in [0.1, 0.15) is 41.1 Å². The zero-order valence-corrected chi connectivity index (χ0v) is 13.1. The summed E-state index contributed by atoms with van der Waals surface area (Å²) in [6.07, 6.45) is 4.98. The van der Waals surface area contributed by atoms with Gasteiger partial charge in [-0.3, -0.25) is 0 Å². The van der Waals surface area contributed by atoms with Crippen molar-refractivity contribution >= 4 is 0 Å². The third-order valence-electron chi connectivity index (χ3n) is 4.81. The Kier molecular flexibility index (Phi) is 4.40. The number of rotatable bonds is 3. The highest BCUT2D eigenvalue weighted by Crippen LogP contribution is 2.35. The van der Waals surface area contributed by atoms with Gasteiger partial charge in [-0.15, -0.1) is 0 Å². The molecule has 2 unspecified atom stereocenters. The van der Waals surface area contributed by atoms with Gasteiger partial charge in [-0.05, 0) is 62.3 Å². The normalized spacial score (nSPS) is 21.6. The molecule has 0 fully saturated rings. The van der Waals surface area contributed by atoms with Gasteiger partial charge in [0.05, 0.1) is 0 Å². The summed E-state index contributed by atoms with van der Waals surface area (Å²) < 4.78 is 0. The molecular formula is C20H25N. The van der Waals surface area contributed by atoms with E-state index in [-0.39, 0.29) is 0 Å². The zero-order valence-electron chi connectivity index (χ0n) is 13.1. The lowest BCUT2D eigenvalue weighted by Gasteiger charge is -2.26. The first-order valence-corrected chi connectivity index (χ1v) is 8.08. The Hall–Kier alpha value is -1.60. The molecule has 0 radical (unpaired) electrons. The molecule has 0 saturated heterocycles. The van der Waals surface area contributed by atoms with E-state index in [4.69, 9.17) is 0 Å². The Bertz CT molecular complexity index is 585. The van der Waals surface area contributed by atoms with E-state index in [0.29, 0.717) is 12.0 Å². The molecule has 0 aromatic heterocycles. The summed E-state index contributed by atoms with van der Waals surface area (Å²) in [7, 11) is 2.11. The van der Waals surface area contributed by atoms with Gasteiger partial charge in [-0.2, -0.15) is 0 Å². The van der Waals surface area contributed by atoms with Gasteiger partial charge in [0.2, 0.25) is 0 Å². The molecule has 0 amide bonds. The van der Waals surface area contributed by atoms with Crippen LogP contribution < -0.4 is 5.32 Å². The van der Waals surface area contributed by atoms with Crippen LogP contribution in [0.4, 0.5) is 0 Å². The molecule has 0 spiro atoms. The predicted molar refractivity (Wildman–Crippen MR) is 89.6 cm³/mol. The van der Waals surface area contributed by atoms with Crippen molar-refractivity contribution in [3.05, 3.63) is 70.8 Å². The fourth-order valence-corrected chi connectivity index (χ4v) is 3.68.